The fourth-order valence-corrected chi connectivity index (χ4v) is 1.58. The molecule has 21 heavy (non-hydrogen) atoms. The standard InChI is InChI=1S/C8H9NO4.C4H5NO3/c10-6-3-4-7(11)9(6)5-1-2-8(12)13;6-2-1-3(7)5-4(2)8/h3-4H,1-2,5H2,(H,12,13);2,6H,1H2,(H,5,7,8). The summed E-state index contributed by atoms with van der Waals surface area (Å²) in [5, 5.41) is 18.8. The van der Waals surface area contributed by atoms with E-state index < -0.39 is 23.9 Å². The van der Waals surface area contributed by atoms with Crippen molar-refractivity contribution in [1.29, 1.82) is 0 Å². The van der Waals surface area contributed by atoms with Gasteiger partial charge in [0.15, 0.2) is 0 Å². The molecule has 0 aromatic rings. The van der Waals surface area contributed by atoms with E-state index in [4.69, 9.17) is 10.2 Å². The molecule has 1 fully saturated rings. The molecule has 2 rings (SSSR count). The number of carbonyl (C=O) groups excluding carboxylic acids is 4. The summed E-state index contributed by atoms with van der Waals surface area (Å²) in [5.74, 6) is -2.64. The van der Waals surface area contributed by atoms with Crippen molar-refractivity contribution in [3.05, 3.63) is 12.2 Å². The predicted molar refractivity (Wildman–Crippen MR) is 66.5 cm³/mol. The van der Waals surface area contributed by atoms with Gasteiger partial charge >= 0.3 is 5.97 Å². The van der Waals surface area contributed by atoms with Crippen molar-refractivity contribution >= 4 is 29.6 Å². The van der Waals surface area contributed by atoms with E-state index in [2.05, 4.69) is 0 Å². The number of hydrogen-bond acceptors (Lipinski definition) is 6. The van der Waals surface area contributed by atoms with Crippen LogP contribution in [0.1, 0.15) is 19.3 Å². The smallest absolute Gasteiger partial charge is 0.303 e. The average molecular weight is 298 g/mol. The van der Waals surface area contributed by atoms with Gasteiger partial charge in [-0.05, 0) is 6.42 Å². The zero-order valence-electron chi connectivity index (χ0n) is 10.9. The number of hydrogen-bond donors (Lipinski definition) is 3. The maximum Gasteiger partial charge on any atom is 0.303 e. The van der Waals surface area contributed by atoms with E-state index in [0.717, 1.165) is 4.90 Å². The van der Waals surface area contributed by atoms with Crippen LogP contribution in [0.5, 0.6) is 0 Å². The van der Waals surface area contributed by atoms with Crippen molar-refractivity contribution < 1.29 is 34.2 Å². The molecule has 2 heterocycles. The van der Waals surface area contributed by atoms with E-state index in [1.165, 1.54) is 12.2 Å². The number of carboxylic acids is 1. The normalized spacial score (nSPS) is 20.4. The third-order valence-corrected chi connectivity index (χ3v) is 2.62. The second-order valence-electron chi connectivity index (χ2n) is 4.29. The molecule has 0 aliphatic carbocycles. The van der Waals surface area contributed by atoms with Crippen LogP contribution in [-0.2, 0) is 24.0 Å². The van der Waals surface area contributed by atoms with Crippen LogP contribution in [-0.4, -0.2) is 57.4 Å². The van der Waals surface area contributed by atoms with Gasteiger partial charge in [0.25, 0.3) is 17.7 Å². The highest BCUT2D eigenvalue weighted by Gasteiger charge is 2.27. The van der Waals surface area contributed by atoms with Crippen molar-refractivity contribution in [2.75, 3.05) is 6.54 Å². The van der Waals surface area contributed by atoms with Gasteiger partial charge in [0.1, 0.15) is 6.10 Å². The Bertz CT molecular complexity index is 494. The number of carboxylic acid groups (broad SMARTS) is 1. The molecule has 3 N–H and O–H groups in total. The van der Waals surface area contributed by atoms with Gasteiger partial charge in [0, 0.05) is 25.1 Å². The first-order valence-electron chi connectivity index (χ1n) is 6.08. The van der Waals surface area contributed by atoms with Crippen LogP contribution in [0.4, 0.5) is 0 Å². The Balaban J connectivity index is 0.000000235. The maximum atomic E-state index is 10.9. The average Bonchev–Trinajstić information content (AvgIpc) is 2.85. The highest BCUT2D eigenvalue weighted by Crippen LogP contribution is 2.05. The fraction of sp³-hybridized carbons (Fsp3) is 0.417. The lowest BCUT2D eigenvalue weighted by Crippen LogP contribution is -2.31. The van der Waals surface area contributed by atoms with E-state index in [-0.39, 0.29) is 31.2 Å². The van der Waals surface area contributed by atoms with Crippen molar-refractivity contribution in [3.8, 4) is 0 Å². The third-order valence-electron chi connectivity index (χ3n) is 2.62. The molecule has 0 saturated carbocycles. The van der Waals surface area contributed by atoms with Crippen LogP contribution in [0.3, 0.4) is 0 Å². The molecule has 9 heteroatoms. The molecule has 0 spiro atoms. The van der Waals surface area contributed by atoms with Gasteiger partial charge in [-0.2, -0.15) is 0 Å². The highest BCUT2D eigenvalue weighted by atomic mass is 16.4. The summed E-state index contributed by atoms with van der Waals surface area (Å²) < 4.78 is 0. The maximum absolute atomic E-state index is 10.9. The number of aliphatic hydroxyl groups is 1. The van der Waals surface area contributed by atoms with Crippen LogP contribution in [0.2, 0.25) is 0 Å². The minimum absolute atomic E-state index is 0.0307. The van der Waals surface area contributed by atoms with Gasteiger partial charge in [0.05, 0.1) is 6.42 Å². The second-order valence-corrected chi connectivity index (χ2v) is 4.29. The van der Waals surface area contributed by atoms with E-state index >= 15 is 0 Å². The first-order valence-corrected chi connectivity index (χ1v) is 6.08. The summed E-state index contributed by atoms with van der Waals surface area (Å²) in [6.45, 7) is 0.178. The summed E-state index contributed by atoms with van der Waals surface area (Å²) >= 11 is 0. The summed E-state index contributed by atoms with van der Waals surface area (Å²) in [5.41, 5.74) is 0. The van der Waals surface area contributed by atoms with E-state index in [1.807, 2.05) is 5.32 Å². The summed E-state index contributed by atoms with van der Waals surface area (Å²) in [6, 6.07) is 0. The van der Waals surface area contributed by atoms with E-state index in [9.17, 15) is 24.0 Å². The Morgan fingerprint density at radius 2 is 1.81 bits per heavy atom. The zero-order valence-corrected chi connectivity index (χ0v) is 10.9. The minimum atomic E-state index is -1.11. The van der Waals surface area contributed by atoms with Crippen LogP contribution < -0.4 is 5.32 Å². The Morgan fingerprint density at radius 3 is 2.14 bits per heavy atom. The van der Waals surface area contributed by atoms with E-state index in [0.29, 0.717) is 6.42 Å². The third kappa shape index (κ3) is 5.15. The largest absolute Gasteiger partial charge is 0.481 e. The molecule has 0 aromatic carbocycles. The monoisotopic (exact) mass is 298 g/mol. The topological polar surface area (TPSA) is 141 Å². The summed E-state index contributed by atoms with van der Waals surface area (Å²) in [4.78, 5) is 53.4. The lowest BCUT2D eigenvalue weighted by atomic mass is 10.3. The Morgan fingerprint density at radius 1 is 1.24 bits per heavy atom. The van der Waals surface area contributed by atoms with Gasteiger partial charge < -0.3 is 10.2 Å². The molecule has 0 bridgehead atoms. The number of carbonyl (C=O) groups is 5. The van der Waals surface area contributed by atoms with Crippen LogP contribution in [0.25, 0.3) is 0 Å². The molecule has 0 aromatic heterocycles. The molecule has 1 saturated heterocycles. The van der Waals surface area contributed by atoms with Gasteiger partial charge in [0.2, 0.25) is 5.91 Å². The van der Waals surface area contributed by atoms with Gasteiger partial charge in [-0.15, -0.1) is 0 Å². The highest BCUT2D eigenvalue weighted by molar-refractivity contribution is 6.12. The first-order chi connectivity index (χ1) is 9.81. The number of nitrogens with zero attached hydrogens (tertiary/aromatic N) is 1. The number of aliphatic carboxylic acids is 1. The number of aliphatic hydroxyl groups excluding tert-OH is 1. The molecule has 0 radical (unpaired) electrons. The van der Waals surface area contributed by atoms with Crippen molar-refractivity contribution in [3.63, 3.8) is 0 Å². The Kier molecular flexibility index (Phi) is 5.73. The van der Waals surface area contributed by atoms with Crippen molar-refractivity contribution in [1.82, 2.24) is 10.2 Å². The van der Waals surface area contributed by atoms with E-state index in [1.54, 1.807) is 0 Å². The molecule has 2 aliphatic rings. The number of nitrogens with one attached hydrogen (secondary N) is 1. The molecule has 1 unspecified atom stereocenters. The molecular weight excluding hydrogens is 284 g/mol. The second kappa shape index (κ2) is 7.29. The molecule has 114 valence electrons. The van der Waals surface area contributed by atoms with Crippen molar-refractivity contribution in [2.45, 2.75) is 25.4 Å². The zero-order chi connectivity index (χ0) is 16.0. The molecule has 9 nitrogen and oxygen atoms in total. The lowest BCUT2D eigenvalue weighted by Gasteiger charge is -2.11. The SMILES string of the molecule is O=C(O)CCCN1C(=O)C=CC1=O.O=C1CC(O)C(=O)N1. The first kappa shape index (κ1) is 16.5. The van der Waals surface area contributed by atoms with Crippen molar-refractivity contribution in [2.24, 2.45) is 0 Å². The summed E-state index contributed by atoms with van der Waals surface area (Å²) in [7, 11) is 0. The molecule has 1 atom stereocenters. The van der Waals surface area contributed by atoms with Crippen LogP contribution in [0, 0.1) is 0 Å². The lowest BCUT2D eigenvalue weighted by molar-refractivity contribution is -0.140. The predicted octanol–water partition coefficient (Wildman–Crippen LogP) is -1.83. The van der Waals surface area contributed by atoms with Crippen LogP contribution in [0.15, 0.2) is 12.2 Å². The Labute approximate surface area is 119 Å². The number of rotatable bonds is 4. The Hall–Kier alpha value is -2.55. The fourth-order valence-electron chi connectivity index (χ4n) is 1.58. The van der Waals surface area contributed by atoms with Crippen LogP contribution >= 0.6 is 0 Å². The quantitative estimate of drug-likeness (QED) is 0.518. The number of imide groups is 2. The molecule has 2 aliphatic heterocycles. The van der Waals surface area contributed by atoms with Gasteiger partial charge in [-0.25, -0.2) is 0 Å². The minimum Gasteiger partial charge on any atom is -0.481 e. The molecular formula is C12H14N2O7. The van der Waals surface area contributed by atoms with Gasteiger partial charge in [-0.3, -0.25) is 34.2 Å². The van der Waals surface area contributed by atoms with Gasteiger partial charge in [-0.1, -0.05) is 0 Å². The number of amides is 4. The summed E-state index contributed by atoms with van der Waals surface area (Å²) in [6.07, 6.45) is 1.44. The molecule has 4 amide bonds.